The van der Waals surface area contributed by atoms with Crippen LogP contribution in [-0.4, -0.2) is 29.1 Å². The first kappa shape index (κ1) is 19.6. The lowest BCUT2D eigenvalue weighted by molar-refractivity contribution is -0.116. The predicted octanol–water partition coefficient (Wildman–Crippen LogP) is 4.14. The number of hydrogen-bond acceptors (Lipinski definition) is 6. The van der Waals surface area contributed by atoms with Crippen molar-refractivity contribution in [2.45, 2.75) is 19.3 Å². The average molecular weight is 400 g/mol. The molecule has 0 aliphatic heterocycles. The molecule has 0 atom stereocenters. The maximum Gasteiger partial charge on any atom is 0.337 e. The van der Waals surface area contributed by atoms with Crippen LogP contribution < -0.4 is 5.32 Å². The van der Waals surface area contributed by atoms with Crippen molar-refractivity contribution in [1.82, 2.24) is 10.1 Å². The van der Waals surface area contributed by atoms with Gasteiger partial charge in [-0.25, -0.2) is 4.79 Å². The Hall–Kier alpha value is -3.19. The van der Waals surface area contributed by atoms with Crippen molar-refractivity contribution in [3.63, 3.8) is 0 Å². The van der Waals surface area contributed by atoms with Crippen molar-refractivity contribution < 1.29 is 18.8 Å². The summed E-state index contributed by atoms with van der Waals surface area (Å²) in [6.45, 7) is 0. The molecule has 0 bridgehead atoms. The minimum atomic E-state index is -0.423. The summed E-state index contributed by atoms with van der Waals surface area (Å²) in [6.07, 6.45) is 1.32. The van der Waals surface area contributed by atoms with Crippen molar-refractivity contribution in [1.29, 1.82) is 0 Å². The molecule has 0 fully saturated rings. The van der Waals surface area contributed by atoms with E-state index in [-0.39, 0.29) is 5.91 Å². The number of anilines is 1. The molecule has 1 aromatic heterocycles. The maximum atomic E-state index is 12.1. The number of aryl methyl sites for hydroxylation is 1. The third-order valence-electron chi connectivity index (χ3n) is 3.97. The van der Waals surface area contributed by atoms with Crippen LogP contribution in [0, 0.1) is 0 Å². The zero-order valence-electron chi connectivity index (χ0n) is 15.1. The van der Waals surface area contributed by atoms with Crippen LogP contribution in [0.4, 0.5) is 5.69 Å². The molecular weight excluding hydrogens is 382 g/mol. The first-order valence-electron chi connectivity index (χ1n) is 8.62. The van der Waals surface area contributed by atoms with Crippen molar-refractivity contribution in [2.24, 2.45) is 0 Å². The van der Waals surface area contributed by atoms with E-state index in [1.165, 1.54) is 7.11 Å². The van der Waals surface area contributed by atoms with Gasteiger partial charge in [-0.15, -0.1) is 0 Å². The fraction of sp³-hybridized carbons (Fsp3) is 0.200. The number of benzene rings is 2. The molecule has 8 heteroatoms. The molecule has 144 valence electrons. The van der Waals surface area contributed by atoms with Crippen molar-refractivity contribution >= 4 is 29.2 Å². The van der Waals surface area contributed by atoms with E-state index < -0.39 is 5.97 Å². The van der Waals surface area contributed by atoms with Gasteiger partial charge in [-0.2, -0.15) is 4.98 Å². The van der Waals surface area contributed by atoms with Gasteiger partial charge in [-0.3, -0.25) is 4.79 Å². The van der Waals surface area contributed by atoms with Gasteiger partial charge in [-0.05, 0) is 42.8 Å². The SMILES string of the molecule is COC(=O)c1ccc(NC(=O)CCCc2nc(-c3ccccc3Cl)no2)cc1. The molecule has 0 saturated carbocycles. The number of hydrogen-bond donors (Lipinski definition) is 1. The number of halogens is 1. The molecule has 0 spiro atoms. The number of rotatable bonds is 7. The standard InChI is InChI=1S/C20H18ClN3O4/c1-27-20(26)13-9-11-14(12-10-13)22-17(25)7-4-8-18-23-19(24-28-18)15-5-2-3-6-16(15)21/h2-3,5-6,9-12H,4,7-8H2,1H3,(H,22,25). The molecule has 28 heavy (non-hydrogen) atoms. The molecule has 0 aliphatic carbocycles. The molecule has 0 saturated heterocycles. The number of aromatic nitrogens is 2. The lowest BCUT2D eigenvalue weighted by Gasteiger charge is -2.05. The van der Waals surface area contributed by atoms with E-state index in [9.17, 15) is 9.59 Å². The Kier molecular flexibility index (Phi) is 6.39. The highest BCUT2D eigenvalue weighted by molar-refractivity contribution is 6.33. The van der Waals surface area contributed by atoms with Gasteiger partial charge in [-0.1, -0.05) is 28.9 Å². The van der Waals surface area contributed by atoms with Gasteiger partial charge >= 0.3 is 5.97 Å². The minimum Gasteiger partial charge on any atom is -0.465 e. The summed E-state index contributed by atoms with van der Waals surface area (Å²) in [7, 11) is 1.32. The van der Waals surface area contributed by atoms with Crippen molar-refractivity contribution in [3.05, 3.63) is 65.0 Å². The summed E-state index contributed by atoms with van der Waals surface area (Å²) in [5.74, 6) is 0.311. The number of carbonyl (C=O) groups is 2. The zero-order valence-corrected chi connectivity index (χ0v) is 15.9. The second kappa shape index (κ2) is 9.14. The minimum absolute atomic E-state index is 0.142. The van der Waals surface area contributed by atoms with Crippen LogP contribution >= 0.6 is 11.6 Å². The van der Waals surface area contributed by atoms with Gasteiger partial charge in [0.05, 0.1) is 17.7 Å². The number of methoxy groups -OCH3 is 1. The quantitative estimate of drug-likeness (QED) is 0.600. The monoisotopic (exact) mass is 399 g/mol. The highest BCUT2D eigenvalue weighted by Crippen LogP contribution is 2.25. The Morgan fingerprint density at radius 2 is 1.89 bits per heavy atom. The van der Waals surface area contributed by atoms with E-state index >= 15 is 0 Å². The van der Waals surface area contributed by atoms with Gasteiger partial charge in [0.1, 0.15) is 0 Å². The number of esters is 1. The van der Waals surface area contributed by atoms with Gasteiger partial charge in [0.15, 0.2) is 0 Å². The Bertz CT molecular complexity index is 970. The number of ether oxygens (including phenoxy) is 1. The van der Waals surface area contributed by atoms with Gasteiger partial charge in [0.25, 0.3) is 0 Å². The van der Waals surface area contributed by atoms with Crippen molar-refractivity contribution in [3.8, 4) is 11.4 Å². The lowest BCUT2D eigenvalue weighted by atomic mass is 10.2. The van der Waals surface area contributed by atoms with E-state index in [4.69, 9.17) is 16.1 Å². The van der Waals surface area contributed by atoms with Crippen LogP contribution in [0.1, 0.15) is 29.1 Å². The topological polar surface area (TPSA) is 94.3 Å². The molecule has 7 nitrogen and oxygen atoms in total. The molecule has 1 heterocycles. The van der Waals surface area contributed by atoms with E-state index in [1.54, 1.807) is 30.3 Å². The van der Waals surface area contributed by atoms with Crippen molar-refractivity contribution in [2.75, 3.05) is 12.4 Å². The van der Waals surface area contributed by atoms with Crippen LogP contribution in [0.25, 0.3) is 11.4 Å². The second-order valence-electron chi connectivity index (χ2n) is 5.96. The summed E-state index contributed by atoms with van der Waals surface area (Å²) in [5, 5.41) is 7.26. The zero-order chi connectivity index (χ0) is 19.9. The third kappa shape index (κ3) is 4.95. The summed E-state index contributed by atoms with van der Waals surface area (Å²) in [5.41, 5.74) is 1.73. The maximum absolute atomic E-state index is 12.1. The Morgan fingerprint density at radius 3 is 2.61 bits per heavy atom. The Labute approximate surface area is 166 Å². The smallest absolute Gasteiger partial charge is 0.337 e. The van der Waals surface area contributed by atoms with Crippen LogP contribution in [-0.2, 0) is 16.0 Å². The molecule has 0 aliphatic rings. The molecule has 3 aromatic rings. The van der Waals surface area contributed by atoms with Gasteiger partial charge < -0.3 is 14.6 Å². The summed E-state index contributed by atoms with van der Waals surface area (Å²) in [4.78, 5) is 27.8. The first-order valence-corrected chi connectivity index (χ1v) is 9.00. The number of amides is 1. The summed E-state index contributed by atoms with van der Waals surface area (Å²) in [6, 6.07) is 13.7. The van der Waals surface area contributed by atoms with Gasteiger partial charge in [0.2, 0.25) is 17.6 Å². The largest absolute Gasteiger partial charge is 0.465 e. The van der Waals surface area contributed by atoms with Crippen LogP contribution in [0.15, 0.2) is 53.1 Å². The molecule has 1 N–H and O–H groups in total. The van der Waals surface area contributed by atoms with E-state index in [0.29, 0.717) is 52.8 Å². The number of nitrogens with zero attached hydrogens (tertiary/aromatic N) is 2. The molecular formula is C20H18ClN3O4. The van der Waals surface area contributed by atoms with E-state index in [2.05, 4.69) is 20.2 Å². The highest BCUT2D eigenvalue weighted by atomic mass is 35.5. The third-order valence-corrected chi connectivity index (χ3v) is 4.30. The fourth-order valence-corrected chi connectivity index (χ4v) is 2.76. The fourth-order valence-electron chi connectivity index (χ4n) is 2.54. The first-order chi connectivity index (χ1) is 13.6. The Balaban J connectivity index is 1.48. The summed E-state index contributed by atoms with van der Waals surface area (Å²) >= 11 is 6.13. The second-order valence-corrected chi connectivity index (χ2v) is 6.37. The van der Waals surface area contributed by atoms with E-state index in [1.807, 2.05) is 18.2 Å². The molecule has 0 radical (unpaired) electrons. The average Bonchev–Trinajstić information content (AvgIpc) is 3.17. The summed E-state index contributed by atoms with van der Waals surface area (Å²) < 4.78 is 9.86. The lowest BCUT2D eigenvalue weighted by Crippen LogP contribution is -2.11. The van der Waals surface area contributed by atoms with Crippen LogP contribution in [0.3, 0.4) is 0 Å². The molecule has 2 aromatic carbocycles. The molecule has 0 unspecified atom stereocenters. The Morgan fingerprint density at radius 1 is 1.14 bits per heavy atom. The number of nitrogens with one attached hydrogen (secondary N) is 1. The molecule has 1 amide bonds. The highest BCUT2D eigenvalue weighted by Gasteiger charge is 2.12. The van der Waals surface area contributed by atoms with E-state index in [0.717, 1.165) is 0 Å². The number of carbonyl (C=O) groups excluding carboxylic acids is 2. The normalized spacial score (nSPS) is 10.5. The molecule has 3 rings (SSSR count). The van der Waals surface area contributed by atoms with Gasteiger partial charge in [0, 0.05) is 24.1 Å². The van der Waals surface area contributed by atoms with Crippen LogP contribution in [0.2, 0.25) is 5.02 Å². The predicted molar refractivity (Wildman–Crippen MR) is 104 cm³/mol. The van der Waals surface area contributed by atoms with Crippen LogP contribution in [0.5, 0.6) is 0 Å².